The molecule has 0 saturated carbocycles. The number of benzene rings is 2. The Morgan fingerprint density at radius 3 is 2.25 bits per heavy atom. The fourth-order valence-electron chi connectivity index (χ4n) is 3.79. The molecule has 0 amide bonds. The molecule has 1 aliphatic carbocycles. The maximum Gasteiger partial charge on any atom is 0.0642 e. The first-order valence-electron chi connectivity index (χ1n) is 9.09. The fraction of sp³-hybridized carbons (Fsp3) is 0.429. The SMILES string of the molecule is CN(c1ccc(N2CCOCC2)cc1)c1ccc2c(c1)CCCC2. The summed E-state index contributed by atoms with van der Waals surface area (Å²) < 4.78 is 5.44. The van der Waals surface area contributed by atoms with Crippen LogP contribution in [-0.4, -0.2) is 33.4 Å². The van der Waals surface area contributed by atoms with Gasteiger partial charge in [0.2, 0.25) is 0 Å². The number of fused-ring (bicyclic) bond motifs is 1. The summed E-state index contributed by atoms with van der Waals surface area (Å²) in [6.07, 6.45) is 5.14. The molecule has 0 N–H and O–H groups in total. The van der Waals surface area contributed by atoms with Crippen LogP contribution in [0.1, 0.15) is 24.0 Å². The standard InChI is InChI=1S/C21H26N2O/c1-22(21-7-6-17-4-2-3-5-18(17)16-21)19-8-10-20(11-9-19)23-12-14-24-15-13-23/h6-11,16H,2-5,12-15H2,1H3. The van der Waals surface area contributed by atoms with E-state index in [-0.39, 0.29) is 0 Å². The van der Waals surface area contributed by atoms with Crippen molar-refractivity contribution < 1.29 is 4.74 Å². The number of hydrogen-bond acceptors (Lipinski definition) is 3. The fourth-order valence-corrected chi connectivity index (χ4v) is 3.79. The number of aryl methyl sites for hydroxylation is 2. The molecule has 0 aromatic heterocycles. The van der Waals surface area contributed by atoms with E-state index in [0.717, 1.165) is 26.3 Å². The lowest BCUT2D eigenvalue weighted by Crippen LogP contribution is -2.36. The Morgan fingerprint density at radius 1 is 0.833 bits per heavy atom. The summed E-state index contributed by atoms with van der Waals surface area (Å²) in [5, 5.41) is 0. The van der Waals surface area contributed by atoms with Crippen LogP contribution in [0.3, 0.4) is 0 Å². The molecule has 2 aromatic rings. The minimum absolute atomic E-state index is 0.830. The third-order valence-corrected chi connectivity index (χ3v) is 5.33. The second kappa shape index (κ2) is 6.86. The Hall–Kier alpha value is -2.00. The van der Waals surface area contributed by atoms with E-state index in [1.165, 1.54) is 48.3 Å². The molecule has 1 heterocycles. The van der Waals surface area contributed by atoms with E-state index in [4.69, 9.17) is 4.74 Å². The predicted octanol–water partition coefficient (Wildman–Crippen LogP) is 4.17. The van der Waals surface area contributed by atoms with Crippen molar-refractivity contribution in [3.05, 3.63) is 53.6 Å². The molecule has 3 heteroatoms. The first kappa shape index (κ1) is 15.5. The Labute approximate surface area is 144 Å². The van der Waals surface area contributed by atoms with Crippen molar-refractivity contribution in [2.45, 2.75) is 25.7 Å². The number of ether oxygens (including phenoxy) is 1. The molecule has 2 aliphatic rings. The normalized spacial score (nSPS) is 17.5. The highest BCUT2D eigenvalue weighted by Crippen LogP contribution is 2.30. The van der Waals surface area contributed by atoms with Crippen LogP contribution in [0.4, 0.5) is 17.1 Å². The van der Waals surface area contributed by atoms with Gasteiger partial charge < -0.3 is 14.5 Å². The van der Waals surface area contributed by atoms with Crippen LogP contribution in [0.15, 0.2) is 42.5 Å². The van der Waals surface area contributed by atoms with Gasteiger partial charge in [0, 0.05) is 37.2 Å². The Bertz CT molecular complexity index is 689. The summed E-state index contributed by atoms with van der Waals surface area (Å²) >= 11 is 0. The topological polar surface area (TPSA) is 15.7 Å². The van der Waals surface area contributed by atoms with Gasteiger partial charge in [-0.05, 0) is 73.2 Å². The zero-order valence-electron chi connectivity index (χ0n) is 14.5. The average Bonchev–Trinajstić information content (AvgIpc) is 2.68. The lowest BCUT2D eigenvalue weighted by molar-refractivity contribution is 0.122. The maximum atomic E-state index is 5.44. The smallest absolute Gasteiger partial charge is 0.0642 e. The highest BCUT2D eigenvalue weighted by atomic mass is 16.5. The molecule has 24 heavy (non-hydrogen) atoms. The first-order chi connectivity index (χ1) is 11.8. The summed E-state index contributed by atoms with van der Waals surface area (Å²) in [5.41, 5.74) is 6.90. The van der Waals surface area contributed by atoms with E-state index in [0.29, 0.717) is 0 Å². The molecule has 1 saturated heterocycles. The highest BCUT2D eigenvalue weighted by molar-refractivity contribution is 5.66. The van der Waals surface area contributed by atoms with Crippen molar-refractivity contribution in [1.82, 2.24) is 0 Å². The van der Waals surface area contributed by atoms with Gasteiger partial charge in [0.25, 0.3) is 0 Å². The van der Waals surface area contributed by atoms with E-state index in [1.807, 2.05) is 0 Å². The van der Waals surface area contributed by atoms with Crippen molar-refractivity contribution in [3.8, 4) is 0 Å². The van der Waals surface area contributed by atoms with Gasteiger partial charge in [-0.3, -0.25) is 0 Å². The third kappa shape index (κ3) is 3.13. The summed E-state index contributed by atoms with van der Waals surface area (Å²) in [6.45, 7) is 3.63. The first-order valence-corrected chi connectivity index (χ1v) is 9.09. The predicted molar refractivity (Wildman–Crippen MR) is 101 cm³/mol. The average molecular weight is 322 g/mol. The van der Waals surface area contributed by atoms with E-state index in [2.05, 4.69) is 59.3 Å². The third-order valence-electron chi connectivity index (χ3n) is 5.33. The van der Waals surface area contributed by atoms with Crippen LogP contribution < -0.4 is 9.80 Å². The molecular formula is C21H26N2O. The summed E-state index contributed by atoms with van der Waals surface area (Å²) in [5.74, 6) is 0. The van der Waals surface area contributed by atoms with E-state index in [9.17, 15) is 0 Å². The summed E-state index contributed by atoms with van der Waals surface area (Å²) in [4.78, 5) is 4.68. The second-order valence-electron chi connectivity index (χ2n) is 6.83. The summed E-state index contributed by atoms with van der Waals surface area (Å²) in [6, 6.07) is 15.9. The molecule has 0 unspecified atom stereocenters. The van der Waals surface area contributed by atoms with Gasteiger partial charge >= 0.3 is 0 Å². The lowest BCUT2D eigenvalue weighted by atomic mass is 9.91. The van der Waals surface area contributed by atoms with Crippen LogP contribution >= 0.6 is 0 Å². The molecule has 126 valence electrons. The van der Waals surface area contributed by atoms with Crippen molar-refractivity contribution in [2.24, 2.45) is 0 Å². The Morgan fingerprint density at radius 2 is 1.50 bits per heavy atom. The van der Waals surface area contributed by atoms with Gasteiger partial charge in [0.1, 0.15) is 0 Å². The molecule has 3 nitrogen and oxygen atoms in total. The molecule has 0 radical (unpaired) electrons. The molecule has 0 atom stereocenters. The summed E-state index contributed by atoms with van der Waals surface area (Å²) in [7, 11) is 2.16. The molecule has 0 bridgehead atoms. The van der Waals surface area contributed by atoms with Gasteiger partial charge in [-0.25, -0.2) is 0 Å². The van der Waals surface area contributed by atoms with Gasteiger partial charge in [-0.2, -0.15) is 0 Å². The number of anilines is 3. The Kier molecular flexibility index (Phi) is 4.44. The Balaban J connectivity index is 1.52. The minimum atomic E-state index is 0.830. The minimum Gasteiger partial charge on any atom is -0.378 e. The monoisotopic (exact) mass is 322 g/mol. The molecule has 4 rings (SSSR count). The lowest BCUT2D eigenvalue weighted by Gasteiger charge is -2.29. The quantitative estimate of drug-likeness (QED) is 0.843. The molecule has 0 spiro atoms. The van der Waals surface area contributed by atoms with E-state index in [1.54, 1.807) is 5.56 Å². The van der Waals surface area contributed by atoms with Crippen LogP contribution in [0, 0.1) is 0 Å². The molecule has 1 aliphatic heterocycles. The van der Waals surface area contributed by atoms with Crippen molar-refractivity contribution >= 4 is 17.1 Å². The largest absolute Gasteiger partial charge is 0.378 e. The zero-order chi connectivity index (χ0) is 16.4. The van der Waals surface area contributed by atoms with Crippen LogP contribution in [-0.2, 0) is 17.6 Å². The van der Waals surface area contributed by atoms with Gasteiger partial charge in [-0.15, -0.1) is 0 Å². The number of nitrogens with zero attached hydrogens (tertiary/aromatic N) is 2. The van der Waals surface area contributed by atoms with Crippen molar-refractivity contribution in [1.29, 1.82) is 0 Å². The second-order valence-corrected chi connectivity index (χ2v) is 6.83. The molecule has 2 aromatic carbocycles. The number of morpholine rings is 1. The number of hydrogen-bond donors (Lipinski definition) is 0. The van der Waals surface area contributed by atoms with E-state index >= 15 is 0 Å². The molecular weight excluding hydrogens is 296 g/mol. The number of rotatable bonds is 3. The van der Waals surface area contributed by atoms with Gasteiger partial charge in [0.05, 0.1) is 13.2 Å². The van der Waals surface area contributed by atoms with E-state index < -0.39 is 0 Å². The highest BCUT2D eigenvalue weighted by Gasteiger charge is 2.13. The van der Waals surface area contributed by atoms with Gasteiger partial charge in [0.15, 0.2) is 0 Å². The van der Waals surface area contributed by atoms with Crippen LogP contribution in [0.25, 0.3) is 0 Å². The maximum absolute atomic E-state index is 5.44. The molecule has 1 fully saturated rings. The van der Waals surface area contributed by atoms with Gasteiger partial charge in [-0.1, -0.05) is 6.07 Å². The van der Waals surface area contributed by atoms with Crippen molar-refractivity contribution in [3.63, 3.8) is 0 Å². The zero-order valence-corrected chi connectivity index (χ0v) is 14.5. The van der Waals surface area contributed by atoms with Crippen LogP contribution in [0.2, 0.25) is 0 Å². The van der Waals surface area contributed by atoms with Crippen molar-refractivity contribution in [2.75, 3.05) is 43.2 Å². The van der Waals surface area contributed by atoms with Crippen LogP contribution in [0.5, 0.6) is 0 Å².